The molecular weight excluding hydrogens is 919 g/mol. The Bertz CT molecular complexity index is 2450. The predicted molar refractivity (Wildman–Crippen MR) is 180 cm³/mol. The van der Waals surface area contributed by atoms with E-state index in [9.17, 15) is 57.5 Å². The molecule has 0 amide bonds. The third kappa shape index (κ3) is 7.95. The molecule has 0 aliphatic carbocycles. The van der Waals surface area contributed by atoms with E-state index in [0.717, 1.165) is 6.42 Å². The molecule has 1 aromatic heterocycles. The molecule has 0 saturated carbocycles. The summed E-state index contributed by atoms with van der Waals surface area (Å²) in [6.45, 7) is 3.09. The normalized spacial score (nSPS) is 11.5. The number of aromatic nitrogens is 2. The van der Waals surface area contributed by atoms with Crippen molar-refractivity contribution in [3.8, 4) is 0 Å². The number of ether oxygens (including phenoxy) is 1. The van der Waals surface area contributed by atoms with E-state index in [2.05, 4.69) is 4.98 Å². The second-order valence-corrected chi connectivity index (χ2v) is 13.0. The smallest absolute Gasteiger partial charge is 0.363 e. The average molecular weight is 936 g/mol. The molecule has 1 heterocycles. The lowest BCUT2D eigenvalue weighted by Crippen LogP contribution is -2.81. The number of halogens is 20. The second kappa shape index (κ2) is 18.6. The SMILES string of the molecule is CCCOC(=O)c1c[n+](Cc2ccccc2)ccn1.Fc1c(F)c(F)c([B-](c2c(F)c(F)c(F)c(F)c2F)(c2c(F)c(F)c(F)c(F)c2F)c2c(F)c(F)c(F)c(F)c2F)c(F)c1F. The van der Waals surface area contributed by atoms with Gasteiger partial charge in [-0.3, -0.25) is 0 Å². The highest BCUT2D eigenvalue weighted by molar-refractivity contribution is 7.20. The van der Waals surface area contributed by atoms with Gasteiger partial charge in [-0.1, -0.05) is 37.3 Å². The number of rotatable bonds is 9. The third-order valence-electron chi connectivity index (χ3n) is 9.32. The van der Waals surface area contributed by atoms with Crippen molar-refractivity contribution < 1.29 is 102 Å². The molecule has 0 radical (unpaired) electrons. The largest absolute Gasteiger partial charge is 0.461 e. The highest BCUT2D eigenvalue weighted by atomic mass is 19.2. The molecule has 25 heteroatoms. The van der Waals surface area contributed by atoms with Crippen LogP contribution in [-0.4, -0.2) is 23.7 Å². The molecule has 0 atom stereocenters. The van der Waals surface area contributed by atoms with Crippen LogP contribution < -0.4 is 26.4 Å². The third-order valence-corrected chi connectivity index (χ3v) is 9.32. The number of nitrogens with zero attached hydrogens (tertiary/aromatic N) is 2. The van der Waals surface area contributed by atoms with Crippen molar-refractivity contribution in [2.24, 2.45) is 0 Å². The lowest BCUT2D eigenvalue weighted by Gasteiger charge is -2.44. The summed E-state index contributed by atoms with van der Waals surface area (Å²) in [7, 11) is 0. The highest BCUT2D eigenvalue weighted by Crippen LogP contribution is 2.30. The van der Waals surface area contributed by atoms with Gasteiger partial charge in [-0.2, -0.15) is 4.57 Å². The maximum absolute atomic E-state index is 15.4. The zero-order valence-electron chi connectivity index (χ0n) is 31.1. The first-order chi connectivity index (χ1) is 30.0. The van der Waals surface area contributed by atoms with Gasteiger partial charge >= 0.3 is 5.97 Å². The summed E-state index contributed by atoms with van der Waals surface area (Å²) in [5.41, 5.74) is -12.8. The summed E-state index contributed by atoms with van der Waals surface area (Å²) in [5, 5.41) is 0. The molecule has 0 aliphatic rings. The standard InChI is InChI=1S/C24BF20.C15H17N2O2/c26-5-1(6(27)14(35)21(42)13(5)34)25(2-7(28)15(36)22(43)16(37)8(2)29,3-9(30)17(38)23(44)18(39)10(3)31)4-11(32)19(40)24(45)20(41)12(4)33;1-2-10-19-15(18)14-12-17(9-8-16-14)11-13-6-4-3-5-7-13/h;3-9,12H,2,10-11H2,1H3/q-1;+1. The Balaban J connectivity index is 0.000000337. The van der Waals surface area contributed by atoms with Crippen LogP contribution >= 0.6 is 0 Å². The van der Waals surface area contributed by atoms with E-state index in [0.29, 0.717) is 18.8 Å². The van der Waals surface area contributed by atoms with E-state index in [1.807, 2.05) is 48.0 Å². The number of hydrogen-bond donors (Lipinski definition) is 0. The van der Waals surface area contributed by atoms with Crippen LogP contribution in [0.15, 0.2) is 48.9 Å². The van der Waals surface area contributed by atoms with Crippen molar-refractivity contribution in [3.63, 3.8) is 0 Å². The molecule has 4 nitrogen and oxygen atoms in total. The monoisotopic (exact) mass is 936 g/mol. The van der Waals surface area contributed by atoms with Crippen molar-refractivity contribution in [1.82, 2.24) is 4.98 Å². The Morgan fingerprint density at radius 2 is 0.781 bits per heavy atom. The first-order valence-electron chi connectivity index (χ1n) is 17.3. The van der Waals surface area contributed by atoms with E-state index in [1.165, 1.54) is 5.56 Å². The quantitative estimate of drug-likeness (QED) is 0.0371. The van der Waals surface area contributed by atoms with Gasteiger partial charge in [-0.05, 0) is 6.42 Å². The van der Waals surface area contributed by atoms with Gasteiger partial charge < -0.3 is 4.74 Å². The summed E-state index contributed by atoms with van der Waals surface area (Å²) in [5.74, 6) is -71.8. The lowest BCUT2D eigenvalue weighted by atomic mass is 9.12. The van der Waals surface area contributed by atoms with Crippen molar-refractivity contribution in [1.29, 1.82) is 0 Å². The van der Waals surface area contributed by atoms with Crippen molar-refractivity contribution >= 4 is 34.0 Å². The molecule has 0 saturated heterocycles. The zero-order chi connectivity index (χ0) is 47.9. The number of carbonyl (C=O) groups is 1. The molecule has 6 aromatic rings. The van der Waals surface area contributed by atoms with Crippen LogP contribution in [-0.2, 0) is 11.3 Å². The summed E-state index contributed by atoms with van der Waals surface area (Å²) in [4.78, 5) is 15.7. The summed E-state index contributed by atoms with van der Waals surface area (Å²) >= 11 is 0. The van der Waals surface area contributed by atoms with Crippen LogP contribution in [0.25, 0.3) is 0 Å². The molecule has 0 unspecified atom stereocenters. The lowest BCUT2D eigenvalue weighted by molar-refractivity contribution is -0.689. The van der Waals surface area contributed by atoms with Crippen molar-refractivity contribution in [2.45, 2.75) is 19.9 Å². The second-order valence-electron chi connectivity index (χ2n) is 13.0. The average Bonchev–Trinajstić information content (AvgIpc) is 3.28. The summed E-state index contributed by atoms with van der Waals surface area (Å²) in [6, 6.07) is 10.1. The van der Waals surface area contributed by atoms with E-state index in [1.54, 1.807) is 12.4 Å². The molecule has 0 aliphatic heterocycles. The van der Waals surface area contributed by atoms with E-state index < -0.39 is 144 Å². The first kappa shape index (κ1) is 48.3. The number of hydrogen-bond acceptors (Lipinski definition) is 3. The van der Waals surface area contributed by atoms with Gasteiger partial charge in [-0.15, -0.1) is 21.9 Å². The van der Waals surface area contributed by atoms with Gasteiger partial charge in [0.1, 0.15) is 52.7 Å². The van der Waals surface area contributed by atoms with Gasteiger partial charge in [0.05, 0.1) is 12.8 Å². The predicted octanol–water partition coefficient (Wildman–Crippen LogP) is 7.83. The van der Waals surface area contributed by atoms with Crippen LogP contribution in [0.1, 0.15) is 29.4 Å². The minimum absolute atomic E-state index is 0.340. The Kier molecular flexibility index (Phi) is 14.0. The van der Waals surface area contributed by atoms with Gasteiger partial charge in [0.15, 0.2) is 82.5 Å². The molecule has 338 valence electrons. The summed E-state index contributed by atoms with van der Waals surface area (Å²) < 4.78 is 301. The highest BCUT2D eigenvalue weighted by Gasteiger charge is 2.52. The van der Waals surface area contributed by atoms with Gasteiger partial charge in [-0.25, -0.2) is 97.6 Å². The summed E-state index contributed by atoms with van der Waals surface area (Å²) in [6.07, 6.45) is -1.24. The maximum Gasteiger partial charge on any atom is 0.363 e. The van der Waals surface area contributed by atoms with Crippen LogP contribution in [0, 0.1) is 116 Å². The number of benzene rings is 5. The molecule has 0 N–H and O–H groups in total. The fourth-order valence-electron chi connectivity index (χ4n) is 6.57. The molecule has 0 bridgehead atoms. The number of esters is 1. The molecule has 6 rings (SSSR count). The van der Waals surface area contributed by atoms with Crippen molar-refractivity contribution in [3.05, 3.63) is 177 Å². The minimum Gasteiger partial charge on any atom is -0.461 e. The van der Waals surface area contributed by atoms with Gasteiger partial charge in [0.2, 0.25) is 11.9 Å². The number of carbonyl (C=O) groups excluding carboxylic acids is 1. The van der Waals surface area contributed by atoms with Crippen LogP contribution in [0.2, 0.25) is 0 Å². The van der Waals surface area contributed by atoms with Crippen molar-refractivity contribution in [2.75, 3.05) is 6.61 Å². The van der Waals surface area contributed by atoms with Crippen LogP contribution in [0.5, 0.6) is 0 Å². The molecule has 0 spiro atoms. The zero-order valence-corrected chi connectivity index (χ0v) is 31.1. The molecular formula is C39H17BF20N2O2. The van der Waals surface area contributed by atoms with E-state index in [4.69, 9.17) is 4.74 Å². The van der Waals surface area contributed by atoms with E-state index >= 15 is 35.1 Å². The maximum atomic E-state index is 15.4. The fourth-order valence-corrected chi connectivity index (χ4v) is 6.57. The van der Waals surface area contributed by atoms with Crippen LogP contribution in [0.3, 0.4) is 0 Å². The Hall–Kier alpha value is -6.69. The Morgan fingerprint density at radius 3 is 1.08 bits per heavy atom. The van der Waals surface area contributed by atoms with Crippen LogP contribution in [0.4, 0.5) is 87.8 Å². The Labute approximate surface area is 343 Å². The molecule has 64 heavy (non-hydrogen) atoms. The molecule has 5 aromatic carbocycles. The molecule has 0 fully saturated rings. The Morgan fingerprint density at radius 1 is 0.484 bits per heavy atom. The van der Waals surface area contributed by atoms with E-state index in [-0.39, 0.29) is 5.97 Å². The van der Waals surface area contributed by atoms with Gasteiger partial charge in [0, 0.05) is 5.56 Å². The first-order valence-corrected chi connectivity index (χ1v) is 17.3. The topological polar surface area (TPSA) is 43.1 Å². The van der Waals surface area contributed by atoms with Gasteiger partial charge in [0.25, 0.3) is 0 Å². The minimum atomic E-state index is -7.22. The fraction of sp³-hybridized carbons (Fsp3) is 0.103.